The molecule has 0 heterocycles. The zero-order valence-electron chi connectivity index (χ0n) is 11.8. The van der Waals surface area contributed by atoms with Crippen LogP contribution in [0.3, 0.4) is 0 Å². The van der Waals surface area contributed by atoms with Gasteiger partial charge in [0.15, 0.2) is 0 Å². The maximum atomic E-state index is 11.8. The molecule has 0 aromatic rings. The molecule has 1 aliphatic rings. The predicted molar refractivity (Wildman–Crippen MR) is 74.9 cm³/mol. The number of hydrogen-bond donors (Lipinski definition) is 2. The van der Waals surface area contributed by atoms with Gasteiger partial charge in [-0.1, -0.05) is 32.1 Å². The van der Waals surface area contributed by atoms with E-state index in [2.05, 4.69) is 5.32 Å². The van der Waals surface area contributed by atoms with E-state index in [0.29, 0.717) is 25.3 Å². The van der Waals surface area contributed by atoms with E-state index in [9.17, 15) is 9.59 Å². The van der Waals surface area contributed by atoms with E-state index >= 15 is 0 Å². The normalized spacial score (nSPS) is 16.8. The average Bonchev–Trinajstić information content (AvgIpc) is 2.62. The van der Waals surface area contributed by atoms with Gasteiger partial charge >= 0.3 is 5.97 Å². The summed E-state index contributed by atoms with van der Waals surface area (Å²) in [6, 6.07) is 0. The number of carboxylic acids is 1. The number of nitrogens with one attached hydrogen (secondary N) is 1. The molecule has 0 saturated heterocycles. The molecular formula is C15H27NO3. The van der Waals surface area contributed by atoms with E-state index < -0.39 is 5.97 Å². The smallest absolute Gasteiger partial charge is 0.303 e. The number of hydrogen-bond acceptors (Lipinski definition) is 2. The molecule has 0 bridgehead atoms. The van der Waals surface area contributed by atoms with Gasteiger partial charge in [0.05, 0.1) is 0 Å². The highest BCUT2D eigenvalue weighted by Crippen LogP contribution is 2.25. The summed E-state index contributed by atoms with van der Waals surface area (Å²) < 4.78 is 0. The fourth-order valence-electron chi connectivity index (χ4n) is 2.71. The van der Waals surface area contributed by atoms with Crippen LogP contribution in [0.2, 0.25) is 0 Å². The first kappa shape index (κ1) is 16.0. The van der Waals surface area contributed by atoms with Crippen LogP contribution in [0.1, 0.15) is 70.6 Å². The average molecular weight is 269 g/mol. The van der Waals surface area contributed by atoms with Crippen molar-refractivity contribution >= 4 is 11.9 Å². The van der Waals surface area contributed by atoms with E-state index in [1.807, 2.05) is 0 Å². The molecule has 2 N–H and O–H groups in total. The van der Waals surface area contributed by atoms with Gasteiger partial charge in [-0.3, -0.25) is 9.59 Å². The first-order valence-corrected chi connectivity index (χ1v) is 7.67. The fraction of sp³-hybridized carbons (Fsp3) is 0.867. The lowest BCUT2D eigenvalue weighted by Gasteiger charge is -2.13. The van der Waals surface area contributed by atoms with Crippen molar-refractivity contribution in [2.45, 2.75) is 70.6 Å². The molecule has 1 amide bonds. The lowest BCUT2D eigenvalue weighted by Crippen LogP contribution is -2.26. The molecule has 0 radical (unpaired) electrons. The molecule has 0 atom stereocenters. The Morgan fingerprint density at radius 3 is 2.32 bits per heavy atom. The first-order chi connectivity index (χ1) is 9.18. The first-order valence-electron chi connectivity index (χ1n) is 7.67. The molecule has 0 unspecified atom stereocenters. The SMILES string of the molecule is O=C(O)CCCCCNC(=O)CC1CCCCCC1. The van der Waals surface area contributed by atoms with E-state index in [0.717, 1.165) is 12.8 Å². The molecule has 0 aromatic carbocycles. The second kappa shape index (κ2) is 9.82. The highest BCUT2D eigenvalue weighted by atomic mass is 16.4. The zero-order chi connectivity index (χ0) is 13.9. The van der Waals surface area contributed by atoms with Gasteiger partial charge in [0.2, 0.25) is 5.91 Å². The van der Waals surface area contributed by atoms with E-state index in [4.69, 9.17) is 5.11 Å². The number of carbonyl (C=O) groups excluding carboxylic acids is 1. The standard InChI is InChI=1S/C15H27NO3/c17-14(12-13-8-4-1-2-5-9-13)16-11-7-3-6-10-15(18)19/h13H,1-12H2,(H,16,17)(H,18,19). The van der Waals surface area contributed by atoms with Crippen LogP contribution in [-0.2, 0) is 9.59 Å². The summed E-state index contributed by atoms with van der Waals surface area (Å²) in [5, 5.41) is 11.4. The van der Waals surface area contributed by atoms with Crippen LogP contribution in [0.5, 0.6) is 0 Å². The Morgan fingerprint density at radius 2 is 1.68 bits per heavy atom. The van der Waals surface area contributed by atoms with Gasteiger partial charge in [-0.25, -0.2) is 0 Å². The number of aliphatic carboxylic acids is 1. The van der Waals surface area contributed by atoms with E-state index in [1.165, 1.54) is 38.5 Å². The zero-order valence-corrected chi connectivity index (χ0v) is 11.8. The van der Waals surface area contributed by atoms with Crippen molar-refractivity contribution in [3.8, 4) is 0 Å². The van der Waals surface area contributed by atoms with Crippen LogP contribution in [0.4, 0.5) is 0 Å². The second-order valence-corrected chi connectivity index (χ2v) is 5.62. The van der Waals surface area contributed by atoms with Crippen molar-refractivity contribution in [1.82, 2.24) is 5.32 Å². The number of carboxylic acid groups (broad SMARTS) is 1. The second-order valence-electron chi connectivity index (χ2n) is 5.62. The maximum Gasteiger partial charge on any atom is 0.303 e. The molecule has 1 rings (SSSR count). The summed E-state index contributed by atoms with van der Waals surface area (Å²) in [6.45, 7) is 0.686. The third kappa shape index (κ3) is 8.62. The molecule has 19 heavy (non-hydrogen) atoms. The number of unbranched alkanes of at least 4 members (excludes halogenated alkanes) is 2. The molecule has 1 aliphatic carbocycles. The van der Waals surface area contributed by atoms with E-state index in [-0.39, 0.29) is 12.3 Å². The predicted octanol–water partition coefficient (Wildman–Crippen LogP) is 3.11. The topological polar surface area (TPSA) is 66.4 Å². The summed E-state index contributed by atoms with van der Waals surface area (Å²) in [4.78, 5) is 22.1. The minimum absolute atomic E-state index is 0.171. The van der Waals surface area contributed by atoms with Gasteiger partial charge in [-0.15, -0.1) is 0 Å². The van der Waals surface area contributed by atoms with E-state index in [1.54, 1.807) is 0 Å². The lowest BCUT2D eigenvalue weighted by molar-refractivity contribution is -0.137. The van der Waals surface area contributed by atoms with Crippen molar-refractivity contribution in [1.29, 1.82) is 0 Å². The molecule has 4 nitrogen and oxygen atoms in total. The largest absolute Gasteiger partial charge is 0.481 e. The molecule has 1 fully saturated rings. The monoisotopic (exact) mass is 269 g/mol. The fourth-order valence-corrected chi connectivity index (χ4v) is 2.71. The number of amides is 1. The third-order valence-corrected chi connectivity index (χ3v) is 3.84. The highest BCUT2D eigenvalue weighted by molar-refractivity contribution is 5.76. The quantitative estimate of drug-likeness (QED) is 0.525. The molecule has 0 aromatic heterocycles. The van der Waals surface area contributed by atoms with Crippen LogP contribution < -0.4 is 5.32 Å². The Labute approximate surface area is 116 Å². The Bertz CT molecular complexity index is 271. The van der Waals surface area contributed by atoms with Gasteiger partial charge < -0.3 is 10.4 Å². The van der Waals surface area contributed by atoms with Crippen molar-refractivity contribution in [2.24, 2.45) is 5.92 Å². The summed E-state index contributed by atoms with van der Waals surface area (Å²) in [5.41, 5.74) is 0. The van der Waals surface area contributed by atoms with Crippen molar-refractivity contribution < 1.29 is 14.7 Å². The summed E-state index contributed by atoms with van der Waals surface area (Å²) >= 11 is 0. The van der Waals surface area contributed by atoms with Gasteiger partial charge in [0, 0.05) is 19.4 Å². The van der Waals surface area contributed by atoms with Crippen molar-refractivity contribution in [3.05, 3.63) is 0 Å². The van der Waals surface area contributed by atoms with Crippen LogP contribution >= 0.6 is 0 Å². The highest BCUT2D eigenvalue weighted by Gasteiger charge is 2.15. The minimum atomic E-state index is -0.739. The Kier molecular flexibility index (Phi) is 8.26. The van der Waals surface area contributed by atoms with Crippen molar-refractivity contribution in [3.63, 3.8) is 0 Å². The summed E-state index contributed by atoms with van der Waals surface area (Å²) in [5.74, 6) is 0.0112. The van der Waals surface area contributed by atoms with Crippen LogP contribution in [0, 0.1) is 5.92 Å². The lowest BCUT2D eigenvalue weighted by atomic mass is 9.96. The molecular weight excluding hydrogens is 242 g/mol. The van der Waals surface area contributed by atoms with Gasteiger partial charge in [0.1, 0.15) is 0 Å². The molecule has 4 heteroatoms. The Morgan fingerprint density at radius 1 is 1.00 bits per heavy atom. The van der Waals surface area contributed by atoms with Crippen LogP contribution in [0.15, 0.2) is 0 Å². The Hall–Kier alpha value is -1.06. The summed E-state index contributed by atoms with van der Waals surface area (Å²) in [6.07, 6.45) is 10.9. The summed E-state index contributed by atoms with van der Waals surface area (Å²) in [7, 11) is 0. The molecule has 0 aliphatic heterocycles. The van der Waals surface area contributed by atoms with Gasteiger partial charge in [0.25, 0.3) is 0 Å². The molecule has 0 spiro atoms. The third-order valence-electron chi connectivity index (χ3n) is 3.84. The molecule has 1 saturated carbocycles. The van der Waals surface area contributed by atoms with Crippen LogP contribution in [-0.4, -0.2) is 23.5 Å². The number of carbonyl (C=O) groups is 2. The van der Waals surface area contributed by atoms with Gasteiger partial charge in [-0.2, -0.15) is 0 Å². The minimum Gasteiger partial charge on any atom is -0.481 e. The molecule has 110 valence electrons. The maximum absolute atomic E-state index is 11.8. The number of rotatable bonds is 8. The van der Waals surface area contributed by atoms with Crippen molar-refractivity contribution in [2.75, 3.05) is 6.54 Å². The Balaban J connectivity index is 1.99. The van der Waals surface area contributed by atoms with Gasteiger partial charge in [-0.05, 0) is 31.6 Å². The van der Waals surface area contributed by atoms with Crippen LogP contribution in [0.25, 0.3) is 0 Å².